The first-order valence-electron chi connectivity index (χ1n) is 4.86. The SMILES string of the molecule is S=S1C=CN=C1.c1cc2c([nH]c3ccsc32)s1. The highest BCUT2D eigenvalue weighted by Gasteiger charge is 2.04. The standard InChI is InChI=1S/C8H5NS2.C3H3NS2/c1-3-11-8-5(1)7-6(9-8)2-4-10-7;5-6-2-1-4-3-6/h1-4,9H;1-3H. The van der Waals surface area contributed by atoms with Gasteiger partial charge in [0.25, 0.3) is 0 Å². The van der Waals surface area contributed by atoms with E-state index in [0.717, 1.165) is 0 Å². The van der Waals surface area contributed by atoms with Gasteiger partial charge in [-0.25, -0.2) is 0 Å². The van der Waals surface area contributed by atoms with Gasteiger partial charge in [0.2, 0.25) is 0 Å². The Morgan fingerprint density at radius 2 is 2.12 bits per heavy atom. The number of nitrogens with one attached hydrogen (secondary N) is 1. The van der Waals surface area contributed by atoms with E-state index in [1.807, 2.05) is 5.41 Å². The van der Waals surface area contributed by atoms with E-state index in [9.17, 15) is 0 Å². The van der Waals surface area contributed by atoms with E-state index in [1.54, 1.807) is 34.4 Å². The van der Waals surface area contributed by atoms with Crippen LogP contribution in [0.5, 0.6) is 0 Å². The topological polar surface area (TPSA) is 28.1 Å². The van der Waals surface area contributed by atoms with Gasteiger partial charge >= 0.3 is 0 Å². The van der Waals surface area contributed by atoms with Gasteiger partial charge < -0.3 is 4.98 Å². The molecular formula is C11H8N2S4. The molecule has 1 aliphatic heterocycles. The van der Waals surface area contributed by atoms with Gasteiger partial charge in [-0.2, -0.15) is 0 Å². The lowest BCUT2D eigenvalue weighted by Crippen LogP contribution is -1.70. The van der Waals surface area contributed by atoms with Gasteiger partial charge in [-0.3, -0.25) is 4.99 Å². The summed E-state index contributed by atoms with van der Waals surface area (Å²) in [5.74, 6) is 0. The molecule has 0 spiro atoms. The number of thiophene rings is 2. The van der Waals surface area contributed by atoms with Gasteiger partial charge in [0.15, 0.2) is 0 Å². The lowest BCUT2D eigenvalue weighted by Gasteiger charge is -1.71. The lowest BCUT2D eigenvalue weighted by molar-refractivity contribution is 1.60. The number of rotatable bonds is 0. The molecule has 1 aliphatic rings. The predicted octanol–water partition coefficient (Wildman–Crippen LogP) is 4.02. The summed E-state index contributed by atoms with van der Waals surface area (Å²) in [5.41, 5.74) is 3.03. The molecule has 17 heavy (non-hydrogen) atoms. The van der Waals surface area contributed by atoms with Crippen LogP contribution in [0.15, 0.2) is 39.5 Å². The van der Waals surface area contributed by atoms with E-state index >= 15 is 0 Å². The second-order valence-electron chi connectivity index (χ2n) is 3.32. The van der Waals surface area contributed by atoms with Crippen molar-refractivity contribution in [3.63, 3.8) is 0 Å². The summed E-state index contributed by atoms with van der Waals surface area (Å²) in [6.07, 6.45) is 1.73. The number of hydrogen-bond donors (Lipinski definition) is 1. The minimum atomic E-state index is -0.0617. The number of hydrogen-bond acceptors (Lipinski definition) is 4. The van der Waals surface area contributed by atoms with Crippen molar-refractivity contribution in [3.05, 3.63) is 34.5 Å². The van der Waals surface area contributed by atoms with Crippen molar-refractivity contribution >= 4 is 69.3 Å². The maximum Gasteiger partial charge on any atom is 0.102 e. The molecular weight excluding hydrogens is 288 g/mol. The van der Waals surface area contributed by atoms with Crippen LogP contribution in [0.4, 0.5) is 0 Å². The second kappa shape index (κ2) is 4.81. The van der Waals surface area contributed by atoms with Crippen molar-refractivity contribution in [1.82, 2.24) is 4.98 Å². The van der Waals surface area contributed by atoms with Gasteiger partial charge in [-0.1, -0.05) is 9.45 Å². The summed E-state index contributed by atoms with van der Waals surface area (Å²) >= 11 is 8.37. The average molecular weight is 296 g/mol. The first kappa shape index (κ1) is 11.3. The van der Waals surface area contributed by atoms with Crippen LogP contribution in [-0.4, -0.2) is 10.5 Å². The summed E-state index contributed by atoms with van der Waals surface area (Å²) in [6.45, 7) is 0. The molecule has 2 nitrogen and oxygen atoms in total. The Kier molecular flexibility index (Phi) is 3.19. The molecule has 86 valence electrons. The molecule has 3 aromatic heterocycles. The minimum Gasteiger partial charge on any atom is -0.346 e. The predicted molar refractivity (Wildman–Crippen MR) is 83.9 cm³/mol. The Hall–Kier alpha value is -0.820. The van der Waals surface area contributed by atoms with E-state index in [1.165, 1.54) is 20.4 Å². The zero-order valence-corrected chi connectivity index (χ0v) is 11.9. The number of aliphatic imine (C=N–C) groups is 1. The van der Waals surface area contributed by atoms with Crippen LogP contribution in [0.1, 0.15) is 0 Å². The van der Waals surface area contributed by atoms with Crippen LogP contribution in [0.2, 0.25) is 0 Å². The van der Waals surface area contributed by atoms with Gasteiger partial charge in [0, 0.05) is 11.6 Å². The van der Waals surface area contributed by atoms with E-state index in [2.05, 4.69) is 32.9 Å². The monoisotopic (exact) mass is 296 g/mol. The Bertz CT molecular complexity index is 670. The van der Waals surface area contributed by atoms with Crippen LogP contribution in [0, 0.1) is 0 Å². The molecule has 3 aromatic rings. The quantitative estimate of drug-likeness (QED) is 0.666. The Morgan fingerprint density at radius 3 is 2.82 bits per heavy atom. The summed E-state index contributed by atoms with van der Waals surface area (Å²) in [6, 6.07) is 4.31. The van der Waals surface area contributed by atoms with Gasteiger partial charge in [-0.15, -0.1) is 22.7 Å². The molecule has 0 amide bonds. The molecule has 0 aliphatic carbocycles. The molecule has 0 saturated carbocycles. The third-order valence-corrected chi connectivity index (χ3v) is 5.36. The van der Waals surface area contributed by atoms with E-state index in [-0.39, 0.29) is 9.45 Å². The smallest absolute Gasteiger partial charge is 0.102 e. The third kappa shape index (κ3) is 2.26. The molecule has 0 aromatic carbocycles. The molecule has 4 heterocycles. The summed E-state index contributed by atoms with van der Waals surface area (Å²) in [7, 11) is -0.0617. The molecule has 4 rings (SSSR count). The molecule has 6 heteroatoms. The fourth-order valence-corrected chi connectivity index (χ4v) is 4.05. The van der Waals surface area contributed by atoms with Crippen molar-refractivity contribution in [2.24, 2.45) is 4.99 Å². The summed E-state index contributed by atoms with van der Waals surface area (Å²) < 4.78 is 1.39. The Balaban J connectivity index is 0.000000129. The van der Waals surface area contributed by atoms with Crippen LogP contribution >= 0.6 is 22.7 Å². The zero-order chi connectivity index (χ0) is 11.7. The maximum atomic E-state index is 4.79. The maximum absolute atomic E-state index is 4.79. The molecule has 0 fully saturated rings. The van der Waals surface area contributed by atoms with Crippen molar-refractivity contribution < 1.29 is 0 Å². The van der Waals surface area contributed by atoms with Gasteiger partial charge in [0.05, 0.1) is 15.8 Å². The lowest BCUT2D eigenvalue weighted by atomic mass is 10.4. The van der Waals surface area contributed by atoms with E-state index < -0.39 is 0 Å². The zero-order valence-electron chi connectivity index (χ0n) is 8.62. The highest BCUT2D eigenvalue weighted by molar-refractivity contribution is 8.38. The fraction of sp³-hybridized carbons (Fsp3) is 0. The van der Waals surface area contributed by atoms with Gasteiger partial charge in [0.1, 0.15) is 4.83 Å². The van der Waals surface area contributed by atoms with E-state index in [4.69, 9.17) is 11.2 Å². The summed E-state index contributed by atoms with van der Waals surface area (Å²) in [4.78, 5) is 8.43. The molecule has 1 atom stereocenters. The first-order valence-corrected chi connectivity index (χ1v) is 8.90. The Labute approximate surface area is 113 Å². The van der Waals surface area contributed by atoms with Crippen LogP contribution < -0.4 is 0 Å². The number of nitrogens with zero attached hydrogens (tertiary/aromatic N) is 1. The van der Waals surface area contributed by atoms with Crippen LogP contribution in [0.3, 0.4) is 0 Å². The van der Waals surface area contributed by atoms with Crippen molar-refractivity contribution in [2.75, 3.05) is 0 Å². The average Bonchev–Trinajstić information content (AvgIpc) is 2.97. The summed E-state index contributed by atoms with van der Waals surface area (Å²) in [5, 5.41) is 7.52. The van der Waals surface area contributed by atoms with E-state index in [0.29, 0.717) is 0 Å². The number of H-pyrrole nitrogens is 1. The first-order chi connectivity index (χ1) is 8.34. The second-order valence-corrected chi connectivity index (χ2v) is 7.45. The molecule has 0 bridgehead atoms. The molecule has 1 unspecified atom stereocenters. The van der Waals surface area contributed by atoms with Crippen molar-refractivity contribution in [2.45, 2.75) is 0 Å². The normalized spacial score (nSPS) is 17.8. The molecule has 0 radical (unpaired) electrons. The Morgan fingerprint density at radius 1 is 1.24 bits per heavy atom. The van der Waals surface area contributed by atoms with Crippen molar-refractivity contribution in [3.8, 4) is 0 Å². The number of fused-ring (bicyclic) bond motifs is 3. The minimum absolute atomic E-state index is 0.0617. The van der Waals surface area contributed by atoms with Gasteiger partial charge in [-0.05, 0) is 39.5 Å². The molecule has 1 N–H and O–H groups in total. The van der Waals surface area contributed by atoms with Crippen LogP contribution in [0.25, 0.3) is 20.4 Å². The highest BCUT2D eigenvalue weighted by atomic mass is 32.8. The number of aromatic nitrogens is 1. The largest absolute Gasteiger partial charge is 0.346 e. The molecule has 0 saturated heterocycles. The number of aromatic amines is 1. The fourth-order valence-electron chi connectivity index (χ4n) is 1.55. The highest BCUT2D eigenvalue weighted by Crippen LogP contribution is 2.32. The third-order valence-electron chi connectivity index (χ3n) is 2.27. The van der Waals surface area contributed by atoms with Crippen LogP contribution in [-0.2, 0) is 20.6 Å². The van der Waals surface area contributed by atoms with Crippen molar-refractivity contribution in [1.29, 1.82) is 0 Å².